The van der Waals surface area contributed by atoms with Crippen LogP contribution in [0.1, 0.15) is 92.1 Å². The van der Waals surface area contributed by atoms with Gasteiger partial charge in [-0.15, -0.1) is 0 Å². The van der Waals surface area contributed by atoms with Crippen LogP contribution in [0.4, 0.5) is 4.79 Å². The Bertz CT molecular complexity index is 1080. The van der Waals surface area contributed by atoms with E-state index in [1.165, 1.54) is 0 Å². The molecule has 45 heavy (non-hydrogen) atoms. The zero-order valence-electron chi connectivity index (χ0n) is 27.9. The molecule has 1 rings (SSSR count). The van der Waals surface area contributed by atoms with Gasteiger partial charge in [0, 0.05) is 13.0 Å². The molecule has 1 aromatic rings. The summed E-state index contributed by atoms with van der Waals surface area (Å²) in [5.41, 5.74) is 0.906. The van der Waals surface area contributed by atoms with E-state index in [1.807, 2.05) is 71.9 Å². The van der Waals surface area contributed by atoms with Crippen LogP contribution in [0, 0.1) is 17.8 Å². The standard InChI is InChI=1S/C34H54N4O7/c1-8-44-33(42)29(21-25(6)7)38-32(41)28(20-24(4)5)37-31(40)27(19-23(2)3)36-30(39)17-13-10-14-18-35-34(43)45-22-26-15-11-9-12-16-26/h8-9,11-12,15-16,23-25,27-29H,1,10,13-14,17-22H2,2-7H3,(H,35,43)(H,36,39)(H,37,40)(H,38,41)/t27-,28-,29-/m0/s1. The minimum absolute atomic E-state index is 0.0723. The Labute approximate surface area is 268 Å². The largest absolute Gasteiger partial charge is 0.445 e. The second kappa shape index (κ2) is 21.8. The Morgan fingerprint density at radius 1 is 0.733 bits per heavy atom. The molecule has 0 spiro atoms. The van der Waals surface area contributed by atoms with Gasteiger partial charge in [0.05, 0.1) is 6.26 Å². The van der Waals surface area contributed by atoms with Crippen LogP contribution in [0.2, 0.25) is 0 Å². The molecule has 0 saturated heterocycles. The van der Waals surface area contributed by atoms with E-state index in [1.54, 1.807) is 0 Å². The van der Waals surface area contributed by atoms with Gasteiger partial charge in [-0.2, -0.15) is 0 Å². The van der Waals surface area contributed by atoms with Crippen molar-refractivity contribution < 1.29 is 33.4 Å². The van der Waals surface area contributed by atoms with Gasteiger partial charge in [0.25, 0.3) is 0 Å². The molecule has 3 atom stereocenters. The number of benzene rings is 1. The molecule has 0 fully saturated rings. The normalized spacial score (nSPS) is 13.0. The summed E-state index contributed by atoms with van der Waals surface area (Å²) < 4.78 is 10.1. The number of unbranched alkanes of at least 4 members (excludes halogenated alkanes) is 2. The second-order valence-corrected chi connectivity index (χ2v) is 12.5. The van der Waals surface area contributed by atoms with Gasteiger partial charge >= 0.3 is 12.1 Å². The lowest BCUT2D eigenvalue weighted by Crippen LogP contribution is -2.56. The average Bonchev–Trinajstić information content (AvgIpc) is 2.96. The van der Waals surface area contributed by atoms with Crippen LogP contribution in [-0.4, -0.2) is 54.5 Å². The number of nitrogens with one attached hydrogen (secondary N) is 4. The Balaban J connectivity index is 2.63. The van der Waals surface area contributed by atoms with E-state index >= 15 is 0 Å². The number of ether oxygens (including phenoxy) is 2. The molecule has 0 bridgehead atoms. The van der Waals surface area contributed by atoms with Crippen molar-refractivity contribution in [3.63, 3.8) is 0 Å². The van der Waals surface area contributed by atoms with Crippen molar-refractivity contribution in [1.82, 2.24) is 21.3 Å². The molecule has 11 heteroatoms. The Kier molecular flexibility index (Phi) is 18.9. The Hall–Kier alpha value is -3.89. The molecule has 0 saturated carbocycles. The molecular weight excluding hydrogens is 576 g/mol. The van der Waals surface area contributed by atoms with Gasteiger partial charge in [-0.1, -0.05) is 84.9 Å². The summed E-state index contributed by atoms with van der Waals surface area (Å²) in [5.74, 6) is -1.54. The van der Waals surface area contributed by atoms with Gasteiger partial charge in [0.2, 0.25) is 17.7 Å². The lowest BCUT2D eigenvalue weighted by Gasteiger charge is -2.27. The molecular formula is C34H54N4O7. The van der Waals surface area contributed by atoms with Crippen LogP contribution in [0.3, 0.4) is 0 Å². The highest BCUT2D eigenvalue weighted by Gasteiger charge is 2.31. The molecule has 0 heterocycles. The predicted octanol–water partition coefficient (Wildman–Crippen LogP) is 4.75. The minimum Gasteiger partial charge on any atom is -0.445 e. The quantitative estimate of drug-likeness (QED) is 0.0869. The van der Waals surface area contributed by atoms with E-state index in [-0.39, 0.29) is 36.7 Å². The first-order chi connectivity index (χ1) is 21.3. The van der Waals surface area contributed by atoms with E-state index in [4.69, 9.17) is 9.47 Å². The molecule has 0 aliphatic heterocycles. The van der Waals surface area contributed by atoms with Crippen molar-refractivity contribution in [2.24, 2.45) is 17.8 Å². The maximum atomic E-state index is 13.4. The van der Waals surface area contributed by atoms with Crippen molar-refractivity contribution >= 4 is 29.8 Å². The van der Waals surface area contributed by atoms with Crippen molar-refractivity contribution in [1.29, 1.82) is 0 Å². The zero-order chi connectivity index (χ0) is 33.8. The lowest BCUT2D eigenvalue weighted by atomic mass is 9.99. The number of alkyl carbamates (subject to hydrolysis) is 1. The molecule has 0 unspecified atom stereocenters. The van der Waals surface area contributed by atoms with Crippen LogP contribution in [0.5, 0.6) is 0 Å². The van der Waals surface area contributed by atoms with Gasteiger partial charge < -0.3 is 30.7 Å². The van der Waals surface area contributed by atoms with E-state index in [0.29, 0.717) is 45.1 Å². The maximum Gasteiger partial charge on any atom is 0.407 e. The maximum absolute atomic E-state index is 13.4. The number of esters is 1. The minimum atomic E-state index is -0.901. The molecule has 252 valence electrons. The van der Waals surface area contributed by atoms with E-state index in [0.717, 1.165) is 11.8 Å². The van der Waals surface area contributed by atoms with E-state index in [2.05, 4.69) is 27.8 Å². The fraction of sp³-hybridized carbons (Fsp3) is 0.618. The average molecular weight is 631 g/mol. The Morgan fingerprint density at radius 2 is 1.27 bits per heavy atom. The van der Waals surface area contributed by atoms with Gasteiger partial charge in [0.15, 0.2) is 0 Å². The first-order valence-electron chi connectivity index (χ1n) is 16.0. The van der Waals surface area contributed by atoms with Crippen LogP contribution >= 0.6 is 0 Å². The third-order valence-corrected chi connectivity index (χ3v) is 6.77. The summed E-state index contributed by atoms with van der Waals surface area (Å²) >= 11 is 0. The monoisotopic (exact) mass is 630 g/mol. The summed E-state index contributed by atoms with van der Waals surface area (Å²) in [6.45, 7) is 15.6. The molecule has 11 nitrogen and oxygen atoms in total. The van der Waals surface area contributed by atoms with Crippen LogP contribution in [0.15, 0.2) is 43.2 Å². The van der Waals surface area contributed by atoms with Gasteiger partial charge in [-0.05, 0) is 55.4 Å². The molecule has 1 aromatic carbocycles. The third kappa shape index (κ3) is 17.9. The van der Waals surface area contributed by atoms with Crippen LogP contribution < -0.4 is 21.3 Å². The summed E-state index contributed by atoms with van der Waals surface area (Å²) in [6, 6.07) is 6.80. The fourth-order valence-corrected chi connectivity index (χ4v) is 4.62. The van der Waals surface area contributed by atoms with E-state index in [9.17, 15) is 24.0 Å². The van der Waals surface area contributed by atoms with Crippen molar-refractivity contribution in [2.45, 2.75) is 111 Å². The summed E-state index contributed by atoms with van der Waals surface area (Å²) in [7, 11) is 0. The number of hydrogen-bond donors (Lipinski definition) is 4. The number of rotatable bonds is 21. The molecule has 4 amide bonds. The molecule has 4 N–H and O–H groups in total. The number of carbonyl (C=O) groups is 5. The second-order valence-electron chi connectivity index (χ2n) is 12.5. The van der Waals surface area contributed by atoms with Gasteiger partial charge in [-0.3, -0.25) is 14.4 Å². The van der Waals surface area contributed by atoms with Gasteiger partial charge in [-0.25, -0.2) is 9.59 Å². The molecule has 0 aliphatic carbocycles. The molecule has 0 aliphatic rings. The van der Waals surface area contributed by atoms with Crippen LogP contribution in [-0.2, 0) is 35.3 Å². The highest BCUT2D eigenvalue weighted by molar-refractivity contribution is 5.93. The summed E-state index contributed by atoms with van der Waals surface area (Å²) in [5, 5.41) is 11.1. The summed E-state index contributed by atoms with van der Waals surface area (Å²) in [4.78, 5) is 63.7. The summed E-state index contributed by atoms with van der Waals surface area (Å²) in [6.07, 6.45) is 3.82. The topological polar surface area (TPSA) is 152 Å². The van der Waals surface area contributed by atoms with Crippen molar-refractivity contribution in [3.8, 4) is 0 Å². The first kappa shape index (κ1) is 39.1. The first-order valence-corrected chi connectivity index (χ1v) is 16.0. The highest BCUT2D eigenvalue weighted by Crippen LogP contribution is 2.12. The highest BCUT2D eigenvalue weighted by atomic mass is 16.5. The SMILES string of the molecule is C=COC(=O)[C@H](CC(C)C)NC(=O)[C@H](CC(C)C)NC(=O)[C@H](CC(C)C)NC(=O)CCCCCNC(=O)OCc1ccccc1. The van der Waals surface area contributed by atoms with Crippen LogP contribution in [0.25, 0.3) is 0 Å². The predicted molar refractivity (Wildman–Crippen MR) is 174 cm³/mol. The van der Waals surface area contributed by atoms with Crippen molar-refractivity contribution in [2.75, 3.05) is 6.54 Å². The Morgan fingerprint density at radius 3 is 1.82 bits per heavy atom. The van der Waals surface area contributed by atoms with Crippen molar-refractivity contribution in [3.05, 3.63) is 48.7 Å². The van der Waals surface area contributed by atoms with Gasteiger partial charge in [0.1, 0.15) is 24.7 Å². The number of hydrogen-bond acceptors (Lipinski definition) is 7. The smallest absolute Gasteiger partial charge is 0.407 e. The zero-order valence-corrected chi connectivity index (χ0v) is 27.9. The molecule has 0 radical (unpaired) electrons. The fourth-order valence-electron chi connectivity index (χ4n) is 4.62. The molecule has 0 aromatic heterocycles. The number of amides is 4. The third-order valence-electron chi connectivity index (χ3n) is 6.77. The lowest BCUT2D eigenvalue weighted by molar-refractivity contribution is -0.143. The number of carbonyl (C=O) groups excluding carboxylic acids is 5. The van der Waals surface area contributed by atoms with E-state index < -0.39 is 42.0 Å².